The molecule has 38 heavy (non-hydrogen) atoms. The van der Waals surface area contributed by atoms with Crippen molar-refractivity contribution >= 4 is 19.6 Å². The topological polar surface area (TPSA) is 32.3 Å². The standard InChI is InChI=1S/C35H50NOP/c1-10-11-15-20-35(9,30-23-27(33(3,4)5)22-29(32(30)37)34(6,7)8)38-31-19-18-25(2)21-26(31)24-36-28-16-13-12-14-17-28/h12-14,16-19,21-23,36-38H,10-11,15,20,24H2,1-9H3. The fourth-order valence-electron chi connectivity index (χ4n) is 5.09. The Balaban J connectivity index is 2.12. The van der Waals surface area contributed by atoms with Crippen LogP contribution in [0.4, 0.5) is 5.69 Å². The molecule has 3 rings (SSSR count). The fraction of sp³-hybridized carbons (Fsp3) is 0.486. The van der Waals surface area contributed by atoms with E-state index in [1.165, 1.54) is 34.8 Å². The molecule has 0 heterocycles. The lowest BCUT2D eigenvalue weighted by atomic mass is 9.77. The first-order chi connectivity index (χ1) is 17.7. The van der Waals surface area contributed by atoms with Gasteiger partial charge in [-0.3, -0.25) is 0 Å². The summed E-state index contributed by atoms with van der Waals surface area (Å²) in [6.07, 6.45) is 4.62. The molecule has 0 radical (unpaired) electrons. The minimum absolute atomic E-state index is 0.00448. The highest BCUT2D eigenvalue weighted by Crippen LogP contribution is 2.51. The van der Waals surface area contributed by atoms with Gasteiger partial charge >= 0.3 is 0 Å². The van der Waals surface area contributed by atoms with Crippen molar-refractivity contribution in [2.75, 3.05) is 5.32 Å². The van der Waals surface area contributed by atoms with Crippen LogP contribution in [0.25, 0.3) is 0 Å². The second-order valence-corrected chi connectivity index (χ2v) is 15.1. The maximum Gasteiger partial charge on any atom is 0.123 e. The van der Waals surface area contributed by atoms with Crippen molar-refractivity contribution in [3.63, 3.8) is 0 Å². The molecule has 0 aliphatic carbocycles. The van der Waals surface area contributed by atoms with Crippen LogP contribution in [0.2, 0.25) is 0 Å². The summed E-state index contributed by atoms with van der Waals surface area (Å²) in [5.74, 6) is 0.494. The van der Waals surface area contributed by atoms with E-state index in [1.807, 2.05) is 0 Å². The molecule has 0 fully saturated rings. The van der Waals surface area contributed by atoms with Gasteiger partial charge in [-0.2, -0.15) is 0 Å². The van der Waals surface area contributed by atoms with Gasteiger partial charge in [0, 0.05) is 23.0 Å². The lowest BCUT2D eigenvalue weighted by molar-refractivity contribution is 0.424. The van der Waals surface area contributed by atoms with Crippen molar-refractivity contribution in [1.29, 1.82) is 0 Å². The van der Waals surface area contributed by atoms with Gasteiger partial charge in [0.2, 0.25) is 0 Å². The third kappa shape index (κ3) is 7.63. The highest BCUT2D eigenvalue weighted by Gasteiger charge is 2.35. The second-order valence-electron chi connectivity index (χ2n) is 13.2. The second kappa shape index (κ2) is 12.3. The SMILES string of the molecule is CCCCCC(C)(Pc1ccc(C)cc1CNc1ccccc1)c1cc(C(C)(C)C)cc(C(C)(C)C)c1O. The molecule has 3 aromatic rings. The normalized spacial score (nSPS) is 14.1. The van der Waals surface area contributed by atoms with Crippen molar-refractivity contribution < 1.29 is 5.11 Å². The molecule has 0 saturated heterocycles. The Hall–Kier alpha value is -2.31. The van der Waals surface area contributed by atoms with Gasteiger partial charge < -0.3 is 10.4 Å². The van der Waals surface area contributed by atoms with Crippen LogP contribution >= 0.6 is 8.58 Å². The molecule has 0 aromatic heterocycles. The number of para-hydroxylation sites is 1. The number of aryl methyl sites for hydroxylation is 1. The lowest BCUT2D eigenvalue weighted by Gasteiger charge is -2.36. The quantitative estimate of drug-likeness (QED) is 0.202. The number of anilines is 1. The summed E-state index contributed by atoms with van der Waals surface area (Å²) in [5.41, 5.74) is 7.11. The molecule has 2 unspecified atom stereocenters. The number of phenolic OH excluding ortho intramolecular Hbond substituents is 1. The predicted molar refractivity (Wildman–Crippen MR) is 170 cm³/mol. The zero-order valence-electron chi connectivity index (χ0n) is 25.3. The first-order valence-corrected chi connectivity index (χ1v) is 15.3. The molecular formula is C35H50NOP. The number of hydrogen-bond donors (Lipinski definition) is 2. The third-order valence-corrected chi connectivity index (χ3v) is 9.42. The minimum atomic E-state index is -0.155. The monoisotopic (exact) mass is 531 g/mol. The van der Waals surface area contributed by atoms with Crippen LogP contribution in [-0.2, 0) is 22.5 Å². The molecular weight excluding hydrogens is 481 g/mol. The van der Waals surface area contributed by atoms with Gasteiger partial charge in [-0.1, -0.05) is 137 Å². The fourth-order valence-corrected chi connectivity index (χ4v) is 6.80. The Bertz CT molecular complexity index is 1200. The summed E-state index contributed by atoms with van der Waals surface area (Å²) in [7, 11) is 0.556. The van der Waals surface area contributed by atoms with E-state index >= 15 is 0 Å². The van der Waals surface area contributed by atoms with Gasteiger partial charge in [-0.15, -0.1) is 0 Å². The number of nitrogens with one attached hydrogen (secondary N) is 1. The molecule has 0 spiro atoms. The number of benzene rings is 3. The maximum atomic E-state index is 11.8. The molecule has 0 aliphatic heterocycles. The summed E-state index contributed by atoms with van der Waals surface area (Å²) >= 11 is 0. The maximum absolute atomic E-state index is 11.8. The van der Waals surface area contributed by atoms with E-state index in [1.54, 1.807) is 0 Å². The summed E-state index contributed by atoms with van der Waals surface area (Å²) in [6.45, 7) is 21.1. The van der Waals surface area contributed by atoms with Crippen LogP contribution in [0.15, 0.2) is 60.7 Å². The van der Waals surface area contributed by atoms with Crippen molar-refractivity contribution in [3.05, 3.63) is 88.5 Å². The van der Waals surface area contributed by atoms with Crippen molar-refractivity contribution in [2.45, 2.75) is 111 Å². The Morgan fingerprint density at radius 2 is 1.45 bits per heavy atom. The van der Waals surface area contributed by atoms with Gasteiger partial charge in [0.25, 0.3) is 0 Å². The van der Waals surface area contributed by atoms with Crippen LogP contribution in [0.1, 0.15) is 109 Å². The molecule has 2 atom stereocenters. The third-order valence-electron chi connectivity index (χ3n) is 7.59. The molecule has 3 aromatic carbocycles. The van der Waals surface area contributed by atoms with Gasteiger partial charge in [0.1, 0.15) is 5.75 Å². The molecule has 0 aliphatic rings. The zero-order chi connectivity index (χ0) is 28.1. The molecule has 206 valence electrons. The number of hydrogen-bond acceptors (Lipinski definition) is 2. The minimum Gasteiger partial charge on any atom is -0.507 e. The van der Waals surface area contributed by atoms with Gasteiger partial charge in [-0.25, -0.2) is 0 Å². The van der Waals surface area contributed by atoms with Crippen LogP contribution in [-0.4, -0.2) is 5.11 Å². The molecule has 3 heteroatoms. The first kappa shape index (κ1) is 30.2. The number of unbranched alkanes of at least 4 members (excludes halogenated alkanes) is 2. The van der Waals surface area contributed by atoms with Crippen LogP contribution in [0, 0.1) is 6.92 Å². The van der Waals surface area contributed by atoms with E-state index in [0.717, 1.165) is 36.2 Å². The van der Waals surface area contributed by atoms with Crippen molar-refractivity contribution in [1.82, 2.24) is 0 Å². The Morgan fingerprint density at radius 1 is 0.789 bits per heavy atom. The Kier molecular flexibility index (Phi) is 9.75. The van der Waals surface area contributed by atoms with E-state index < -0.39 is 0 Å². The average molecular weight is 532 g/mol. The number of aromatic hydroxyl groups is 1. The van der Waals surface area contributed by atoms with Crippen LogP contribution in [0.3, 0.4) is 0 Å². The van der Waals surface area contributed by atoms with Crippen LogP contribution in [0.5, 0.6) is 5.75 Å². The predicted octanol–water partition coefficient (Wildman–Crippen LogP) is 9.71. The first-order valence-electron chi connectivity index (χ1n) is 14.3. The highest BCUT2D eigenvalue weighted by atomic mass is 31.1. The largest absolute Gasteiger partial charge is 0.507 e. The lowest BCUT2D eigenvalue weighted by Crippen LogP contribution is -2.25. The Morgan fingerprint density at radius 3 is 2.05 bits per heavy atom. The summed E-state index contributed by atoms with van der Waals surface area (Å²) in [5, 5.41) is 16.7. The number of rotatable bonds is 10. The van der Waals surface area contributed by atoms with E-state index in [9.17, 15) is 5.11 Å². The van der Waals surface area contributed by atoms with Crippen molar-refractivity contribution in [3.8, 4) is 5.75 Å². The van der Waals surface area contributed by atoms with Crippen molar-refractivity contribution in [2.24, 2.45) is 0 Å². The summed E-state index contributed by atoms with van der Waals surface area (Å²) in [4.78, 5) is 0. The van der Waals surface area contributed by atoms with E-state index in [4.69, 9.17) is 0 Å². The van der Waals surface area contributed by atoms with E-state index in [-0.39, 0.29) is 16.0 Å². The molecule has 0 bridgehead atoms. The number of phenols is 1. The van der Waals surface area contributed by atoms with E-state index in [2.05, 4.69) is 128 Å². The molecule has 2 nitrogen and oxygen atoms in total. The Labute approximate surface area is 234 Å². The van der Waals surface area contributed by atoms with Gasteiger partial charge in [0.05, 0.1) is 0 Å². The summed E-state index contributed by atoms with van der Waals surface area (Å²) in [6, 6.07) is 21.9. The van der Waals surface area contributed by atoms with Crippen LogP contribution < -0.4 is 10.6 Å². The summed E-state index contributed by atoms with van der Waals surface area (Å²) < 4.78 is 0. The highest BCUT2D eigenvalue weighted by molar-refractivity contribution is 7.48. The molecule has 2 N–H and O–H groups in total. The van der Waals surface area contributed by atoms with Gasteiger partial charge in [0.15, 0.2) is 0 Å². The average Bonchev–Trinajstić information content (AvgIpc) is 2.83. The smallest absolute Gasteiger partial charge is 0.123 e. The zero-order valence-corrected chi connectivity index (χ0v) is 26.3. The molecule has 0 saturated carbocycles. The van der Waals surface area contributed by atoms with Gasteiger partial charge in [-0.05, 0) is 58.3 Å². The van der Waals surface area contributed by atoms with E-state index in [0.29, 0.717) is 14.3 Å². The molecule has 0 amide bonds.